The largest absolute Gasteiger partial charge is 0.310 e. The molecule has 0 fully saturated rings. The lowest BCUT2D eigenvalue weighted by Gasteiger charge is -2.07. The van der Waals surface area contributed by atoms with E-state index in [1.807, 2.05) is 60.7 Å². The molecule has 4 aromatic rings. The molecule has 0 aliphatic heterocycles. The maximum atomic E-state index is 12.2. The van der Waals surface area contributed by atoms with Crippen LogP contribution in [0.4, 0.5) is 5.82 Å². The van der Waals surface area contributed by atoms with Gasteiger partial charge in [0.1, 0.15) is 5.82 Å². The van der Waals surface area contributed by atoms with Gasteiger partial charge in [-0.15, -0.1) is 0 Å². The molecule has 2 aromatic carbocycles. The second-order valence-electron chi connectivity index (χ2n) is 5.79. The second-order valence-corrected chi connectivity index (χ2v) is 5.79. The fourth-order valence-electron chi connectivity index (χ4n) is 2.74. The second kappa shape index (κ2) is 6.57. The van der Waals surface area contributed by atoms with Gasteiger partial charge in [0.05, 0.1) is 23.8 Å². The van der Waals surface area contributed by atoms with Crippen molar-refractivity contribution < 1.29 is 4.79 Å². The van der Waals surface area contributed by atoms with Crippen molar-refractivity contribution in [3.05, 3.63) is 78.5 Å². The average molecular weight is 328 g/mol. The third-order valence-corrected chi connectivity index (χ3v) is 3.96. The molecule has 4 rings (SSSR count). The Morgan fingerprint density at radius 3 is 2.76 bits per heavy atom. The van der Waals surface area contributed by atoms with Gasteiger partial charge in [-0.1, -0.05) is 42.5 Å². The summed E-state index contributed by atoms with van der Waals surface area (Å²) in [6.45, 7) is 0. The van der Waals surface area contributed by atoms with Crippen LogP contribution in [-0.2, 0) is 11.2 Å². The van der Waals surface area contributed by atoms with Crippen molar-refractivity contribution in [3.63, 3.8) is 0 Å². The fourth-order valence-corrected chi connectivity index (χ4v) is 2.74. The highest BCUT2D eigenvalue weighted by Crippen LogP contribution is 2.23. The van der Waals surface area contributed by atoms with Crippen LogP contribution in [0.2, 0.25) is 0 Å². The molecule has 0 radical (unpaired) electrons. The van der Waals surface area contributed by atoms with E-state index in [9.17, 15) is 4.79 Å². The zero-order valence-corrected chi connectivity index (χ0v) is 13.4. The molecule has 0 saturated heterocycles. The van der Waals surface area contributed by atoms with Crippen LogP contribution >= 0.6 is 0 Å². The van der Waals surface area contributed by atoms with Crippen LogP contribution in [0.1, 0.15) is 5.56 Å². The summed E-state index contributed by atoms with van der Waals surface area (Å²) in [6, 6.07) is 21.2. The van der Waals surface area contributed by atoms with E-state index in [1.165, 1.54) is 0 Å². The molecule has 0 bridgehead atoms. The standard InChI is InChI=1S/C20H16N4O/c25-20(11-14-5-2-1-3-6-14)23-19-8-4-7-17(22-19)15-9-10-18-16(12-15)13-21-24-18/h1-10,12-13H,11H2,(H,21,24)(H,22,23,25). The summed E-state index contributed by atoms with van der Waals surface area (Å²) < 4.78 is 0. The Balaban J connectivity index is 1.53. The lowest BCUT2D eigenvalue weighted by molar-refractivity contribution is -0.115. The van der Waals surface area contributed by atoms with Crippen molar-refractivity contribution in [1.29, 1.82) is 0 Å². The van der Waals surface area contributed by atoms with Crippen LogP contribution in [0.15, 0.2) is 72.9 Å². The molecule has 122 valence electrons. The van der Waals surface area contributed by atoms with E-state index in [4.69, 9.17) is 0 Å². The van der Waals surface area contributed by atoms with Crippen molar-refractivity contribution in [1.82, 2.24) is 15.2 Å². The smallest absolute Gasteiger partial charge is 0.229 e. The molecule has 0 atom stereocenters. The van der Waals surface area contributed by atoms with Crippen LogP contribution in [0, 0.1) is 0 Å². The molecule has 2 N–H and O–H groups in total. The number of fused-ring (bicyclic) bond motifs is 1. The summed E-state index contributed by atoms with van der Waals surface area (Å²) in [6.07, 6.45) is 2.11. The number of benzene rings is 2. The summed E-state index contributed by atoms with van der Waals surface area (Å²) in [4.78, 5) is 16.8. The molecule has 2 aromatic heterocycles. The highest BCUT2D eigenvalue weighted by molar-refractivity contribution is 5.91. The number of hydrogen-bond donors (Lipinski definition) is 2. The number of carbonyl (C=O) groups is 1. The molecular weight excluding hydrogens is 312 g/mol. The van der Waals surface area contributed by atoms with Gasteiger partial charge >= 0.3 is 0 Å². The minimum absolute atomic E-state index is 0.0823. The number of rotatable bonds is 4. The van der Waals surface area contributed by atoms with E-state index in [0.717, 1.165) is 27.7 Å². The van der Waals surface area contributed by atoms with Gasteiger partial charge in [-0.25, -0.2) is 4.98 Å². The minimum atomic E-state index is -0.0823. The Kier molecular flexibility index (Phi) is 3.96. The first kappa shape index (κ1) is 15.1. The number of hydrogen-bond acceptors (Lipinski definition) is 3. The Bertz CT molecular complexity index is 1020. The SMILES string of the molecule is O=C(Cc1ccccc1)Nc1cccc(-c2ccc3[nH]ncc3c2)n1. The van der Waals surface area contributed by atoms with Crippen LogP contribution < -0.4 is 5.32 Å². The summed E-state index contributed by atoms with van der Waals surface area (Å²) >= 11 is 0. The van der Waals surface area contributed by atoms with E-state index in [-0.39, 0.29) is 5.91 Å². The monoisotopic (exact) mass is 328 g/mol. The van der Waals surface area contributed by atoms with Crippen LogP contribution in [-0.4, -0.2) is 21.1 Å². The fraction of sp³-hybridized carbons (Fsp3) is 0.0500. The number of amides is 1. The van der Waals surface area contributed by atoms with Gasteiger partial charge in [-0.2, -0.15) is 5.10 Å². The Labute approximate surface area is 144 Å². The number of nitrogens with one attached hydrogen (secondary N) is 2. The van der Waals surface area contributed by atoms with Gasteiger partial charge in [0.15, 0.2) is 0 Å². The zero-order valence-electron chi connectivity index (χ0n) is 13.4. The van der Waals surface area contributed by atoms with Gasteiger partial charge in [0.2, 0.25) is 5.91 Å². The topological polar surface area (TPSA) is 70.7 Å². The number of nitrogens with zero attached hydrogens (tertiary/aromatic N) is 2. The first-order valence-corrected chi connectivity index (χ1v) is 8.02. The Morgan fingerprint density at radius 1 is 1.00 bits per heavy atom. The Morgan fingerprint density at radius 2 is 1.88 bits per heavy atom. The summed E-state index contributed by atoms with van der Waals surface area (Å²) in [7, 11) is 0. The maximum Gasteiger partial charge on any atom is 0.229 e. The predicted octanol–water partition coefficient (Wildman–Crippen LogP) is 3.81. The third kappa shape index (κ3) is 3.40. The van der Waals surface area contributed by atoms with Crippen molar-refractivity contribution in [2.75, 3.05) is 5.32 Å². The van der Waals surface area contributed by atoms with Crippen molar-refractivity contribution in [2.45, 2.75) is 6.42 Å². The molecule has 5 nitrogen and oxygen atoms in total. The van der Waals surface area contributed by atoms with Gasteiger partial charge in [0.25, 0.3) is 0 Å². The molecular formula is C20H16N4O. The molecule has 5 heteroatoms. The number of pyridine rings is 1. The third-order valence-electron chi connectivity index (χ3n) is 3.96. The zero-order chi connectivity index (χ0) is 17.1. The summed E-state index contributed by atoms with van der Waals surface area (Å²) in [5, 5.41) is 10.9. The Hall–Kier alpha value is -3.47. The molecule has 25 heavy (non-hydrogen) atoms. The highest BCUT2D eigenvalue weighted by Gasteiger charge is 2.07. The van der Waals surface area contributed by atoms with Crippen LogP contribution in [0.25, 0.3) is 22.2 Å². The average Bonchev–Trinajstić information content (AvgIpc) is 3.10. The predicted molar refractivity (Wildman–Crippen MR) is 98.1 cm³/mol. The van der Waals surface area contributed by atoms with E-state index in [0.29, 0.717) is 12.2 Å². The lowest BCUT2D eigenvalue weighted by atomic mass is 10.1. The van der Waals surface area contributed by atoms with Gasteiger partial charge in [0, 0.05) is 10.9 Å². The normalized spacial score (nSPS) is 10.7. The van der Waals surface area contributed by atoms with Crippen molar-refractivity contribution in [3.8, 4) is 11.3 Å². The first-order valence-electron chi connectivity index (χ1n) is 8.02. The molecule has 0 aliphatic rings. The molecule has 0 unspecified atom stereocenters. The quantitative estimate of drug-likeness (QED) is 0.598. The minimum Gasteiger partial charge on any atom is -0.310 e. The molecule has 0 saturated carbocycles. The van der Waals surface area contributed by atoms with Crippen LogP contribution in [0.5, 0.6) is 0 Å². The maximum absolute atomic E-state index is 12.2. The summed E-state index contributed by atoms with van der Waals surface area (Å²) in [5.41, 5.74) is 3.74. The van der Waals surface area contributed by atoms with E-state index < -0.39 is 0 Å². The highest BCUT2D eigenvalue weighted by atomic mass is 16.1. The molecule has 0 aliphatic carbocycles. The van der Waals surface area contributed by atoms with E-state index >= 15 is 0 Å². The van der Waals surface area contributed by atoms with E-state index in [2.05, 4.69) is 20.5 Å². The summed E-state index contributed by atoms with van der Waals surface area (Å²) in [5.74, 6) is 0.465. The van der Waals surface area contributed by atoms with E-state index in [1.54, 1.807) is 12.3 Å². The van der Waals surface area contributed by atoms with Gasteiger partial charge in [-0.05, 0) is 29.8 Å². The van der Waals surface area contributed by atoms with Crippen molar-refractivity contribution >= 4 is 22.6 Å². The number of H-pyrrole nitrogens is 1. The first-order chi connectivity index (χ1) is 12.3. The number of anilines is 1. The van der Waals surface area contributed by atoms with Gasteiger partial charge in [-0.3, -0.25) is 9.89 Å². The number of aromatic amines is 1. The molecule has 1 amide bonds. The van der Waals surface area contributed by atoms with Gasteiger partial charge < -0.3 is 5.32 Å². The number of carbonyl (C=O) groups excluding carboxylic acids is 1. The van der Waals surface area contributed by atoms with Crippen LogP contribution in [0.3, 0.4) is 0 Å². The van der Waals surface area contributed by atoms with Crippen molar-refractivity contribution in [2.24, 2.45) is 0 Å². The molecule has 2 heterocycles. The number of aromatic nitrogens is 3. The molecule has 0 spiro atoms. The lowest BCUT2D eigenvalue weighted by Crippen LogP contribution is -2.15.